The Morgan fingerprint density at radius 1 is 1.00 bits per heavy atom. The van der Waals surface area contributed by atoms with Gasteiger partial charge in [0.2, 0.25) is 0 Å². The molecule has 5 heteroatoms. The number of urea groups is 1. The highest BCUT2D eigenvalue weighted by Gasteiger charge is 2.32. The molecule has 1 fully saturated rings. The SMILES string of the molecule is COc1ccc(-c2ccccc2C2NC(=O)NC2=O)cc1. The van der Waals surface area contributed by atoms with Crippen molar-refractivity contribution in [2.75, 3.05) is 7.11 Å². The van der Waals surface area contributed by atoms with Crippen LogP contribution in [-0.2, 0) is 4.79 Å². The second-order valence-corrected chi connectivity index (χ2v) is 4.71. The minimum absolute atomic E-state index is 0.332. The first-order valence-corrected chi connectivity index (χ1v) is 6.54. The molecular weight excluding hydrogens is 268 g/mol. The zero-order chi connectivity index (χ0) is 14.8. The Kier molecular flexibility index (Phi) is 3.31. The van der Waals surface area contributed by atoms with Crippen LogP contribution in [0.25, 0.3) is 11.1 Å². The van der Waals surface area contributed by atoms with E-state index in [-0.39, 0.29) is 5.91 Å². The number of nitrogens with one attached hydrogen (secondary N) is 2. The lowest BCUT2D eigenvalue weighted by molar-refractivity contribution is -0.120. The molecule has 3 amide bonds. The molecule has 5 nitrogen and oxygen atoms in total. The highest BCUT2D eigenvalue weighted by molar-refractivity contribution is 6.05. The third-order valence-electron chi connectivity index (χ3n) is 3.45. The summed E-state index contributed by atoms with van der Waals surface area (Å²) in [5, 5.41) is 4.88. The van der Waals surface area contributed by atoms with Crippen molar-refractivity contribution in [2.24, 2.45) is 0 Å². The van der Waals surface area contributed by atoms with Crippen molar-refractivity contribution in [1.82, 2.24) is 10.6 Å². The fraction of sp³-hybridized carbons (Fsp3) is 0.125. The number of hydrogen-bond donors (Lipinski definition) is 2. The Morgan fingerprint density at radius 2 is 1.71 bits per heavy atom. The second kappa shape index (κ2) is 5.28. The molecule has 1 heterocycles. The molecule has 0 bridgehead atoms. The van der Waals surface area contributed by atoms with Crippen molar-refractivity contribution in [3.8, 4) is 16.9 Å². The molecule has 0 radical (unpaired) electrons. The first kappa shape index (κ1) is 13.2. The third kappa shape index (κ3) is 2.45. The van der Waals surface area contributed by atoms with E-state index in [0.717, 1.165) is 22.4 Å². The molecule has 1 saturated heterocycles. The first-order valence-electron chi connectivity index (χ1n) is 6.54. The number of methoxy groups -OCH3 is 1. The van der Waals surface area contributed by atoms with Gasteiger partial charge in [0.1, 0.15) is 11.8 Å². The van der Waals surface area contributed by atoms with Crippen LogP contribution >= 0.6 is 0 Å². The van der Waals surface area contributed by atoms with Crippen LogP contribution < -0.4 is 15.4 Å². The average molecular weight is 282 g/mol. The molecule has 21 heavy (non-hydrogen) atoms. The van der Waals surface area contributed by atoms with Crippen LogP contribution in [0, 0.1) is 0 Å². The van der Waals surface area contributed by atoms with Crippen LogP contribution in [0.4, 0.5) is 4.79 Å². The van der Waals surface area contributed by atoms with Crippen LogP contribution in [0.5, 0.6) is 5.75 Å². The molecular formula is C16H14N2O3. The third-order valence-corrected chi connectivity index (χ3v) is 3.45. The summed E-state index contributed by atoms with van der Waals surface area (Å²) in [6, 6.07) is 14.0. The molecule has 1 aliphatic heterocycles. The van der Waals surface area contributed by atoms with E-state index in [4.69, 9.17) is 4.74 Å². The lowest BCUT2D eigenvalue weighted by atomic mass is 9.95. The smallest absolute Gasteiger partial charge is 0.322 e. The largest absolute Gasteiger partial charge is 0.497 e. The molecule has 2 N–H and O–H groups in total. The highest BCUT2D eigenvalue weighted by atomic mass is 16.5. The molecule has 1 aliphatic rings. The Hall–Kier alpha value is -2.82. The van der Waals surface area contributed by atoms with Crippen molar-refractivity contribution >= 4 is 11.9 Å². The minimum atomic E-state index is -0.657. The van der Waals surface area contributed by atoms with Gasteiger partial charge in [0.05, 0.1) is 7.11 Å². The van der Waals surface area contributed by atoms with Crippen LogP contribution in [0.2, 0.25) is 0 Å². The number of ether oxygens (including phenoxy) is 1. The molecule has 0 aromatic heterocycles. The summed E-state index contributed by atoms with van der Waals surface area (Å²) >= 11 is 0. The Morgan fingerprint density at radius 3 is 2.33 bits per heavy atom. The van der Waals surface area contributed by atoms with Gasteiger partial charge in [-0.1, -0.05) is 36.4 Å². The molecule has 106 valence electrons. The van der Waals surface area contributed by atoms with Gasteiger partial charge in [-0.15, -0.1) is 0 Å². The summed E-state index contributed by atoms with van der Waals surface area (Å²) in [6.45, 7) is 0. The number of carbonyl (C=O) groups excluding carboxylic acids is 2. The summed E-state index contributed by atoms with van der Waals surface area (Å²) in [4.78, 5) is 23.2. The van der Waals surface area contributed by atoms with Gasteiger partial charge in [0.15, 0.2) is 0 Å². The summed E-state index contributed by atoms with van der Waals surface area (Å²) < 4.78 is 5.15. The summed E-state index contributed by atoms with van der Waals surface area (Å²) in [7, 11) is 1.61. The van der Waals surface area contributed by atoms with Gasteiger partial charge in [-0.3, -0.25) is 10.1 Å². The fourth-order valence-electron chi connectivity index (χ4n) is 2.42. The predicted octanol–water partition coefficient (Wildman–Crippen LogP) is 2.24. The van der Waals surface area contributed by atoms with E-state index in [0.29, 0.717) is 0 Å². The lowest BCUT2D eigenvalue weighted by Crippen LogP contribution is -2.22. The molecule has 2 aromatic rings. The maximum Gasteiger partial charge on any atom is 0.322 e. The maximum absolute atomic E-state index is 11.9. The van der Waals surface area contributed by atoms with Crippen molar-refractivity contribution in [1.29, 1.82) is 0 Å². The number of hydrogen-bond acceptors (Lipinski definition) is 3. The normalized spacial score (nSPS) is 17.3. The van der Waals surface area contributed by atoms with Gasteiger partial charge in [0, 0.05) is 0 Å². The Bertz CT molecular complexity index is 695. The first-order chi connectivity index (χ1) is 10.2. The van der Waals surface area contributed by atoms with Crippen molar-refractivity contribution in [3.63, 3.8) is 0 Å². The predicted molar refractivity (Wildman–Crippen MR) is 77.8 cm³/mol. The monoisotopic (exact) mass is 282 g/mol. The number of rotatable bonds is 3. The molecule has 3 rings (SSSR count). The fourth-order valence-corrected chi connectivity index (χ4v) is 2.42. The molecule has 0 aliphatic carbocycles. The topological polar surface area (TPSA) is 67.4 Å². The van der Waals surface area contributed by atoms with E-state index in [2.05, 4.69) is 10.6 Å². The van der Waals surface area contributed by atoms with E-state index < -0.39 is 12.1 Å². The number of carbonyl (C=O) groups is 2. The second-order valence-electron chi connectivity index (χ2n) is 4.71. The summed E-state index contributed by atoms with van der Waals surface area (Å²) in [6.07, 6.45) is 0. The lowest BCUT2D eigenvalue weighted by Gasteiger charge is -2.14. The van der Waals surface area contributed by atoms with E-state index in [1.807, 2.05) is 48.5 Å². The molecule has 2 aromatic carbocycles. The average Bonchev–Trinajstić information content (AvgIpc) is 2.86. The standard InChI is InChI=1S/C16H14N2O3/c1-21-11-8-6-10(7-9-11)12-4-2-3-5-13(12)14-15(19)18-16(20)17-14/h2-9,14H,1H3,(H2,17,18,19,20). The van der Waals surface area contributed by atoms with Gasteiger partial charge in [-0.25, -0.2) is 4.79 Å². The van der Waals surface area contributed by atoms with Crippen LogP contribution in [0.15, 0.2) is 48.5 Å². The van der Waals surface area contributed by atoms with E-state index in [9.17, 15) is 9.59 Å². The molecule has 0 spiro atoms. The van der Waals surface area contributed by atoms with E-state index in [1.165, 1.54) is 0 Å². The number of amides is 3. The number of benzene rings is 2. The number of imide groups is 1. The Labute approximate surface area is 121 Å². The van der Waals surface area contributed by atoms with Crippen molar-refractivity contribution in [3.05, 3.63) is 54.1 Å². The van der Waals surface area contributed by atoms with Gasteiger partial charge in [0.25, 0.3) is 5.91 Å². The van der Waals surface area contributed by atoms with Crippen molar-refractivity contribution in [2.45, 2.75) is 6.04 Å². The zero-order valence-corrected chi connectivity index (χ0v) is 11.4. The zero-order valence-electron chi connectivity index (χ0n) is 11.4. The summed E-state index contributed by atoms with van der Waals surface area (Å²) in [5.74, 6) is 0.434. The van der Waals surface area contributed by atoms with Gasteiger partial charge in [-0.2, -0.15) is 0 Å². The highest BCUT2D eigenvalue weighted by Crippen LogP contribution is 2.30. The van der Waals surface area contributed by atoms with Gasteiger partial charge >= 0.3 is 6.03 Å². The quantitative estimate of drug-likeness (QED) is 0.848. The van der Waals surface area contributed by atoms with Crippen LogP contribution in [0.3, 0.4) is 0 Å². The van der Waals surface area contributed by atoms with Crippen LogP contribution in [0.1, 0.15) is 11.6 Å². The van der Waals surface area contributed by atoms with Gasteiger partial charge in [-0.05, 0) is 28.8 Å². The van der Waals surface area contributed by atoms with E-state index >= 15 is 0 Å². The Balaban J connectivity index is 2.03. The molecule has 1 atom stereocenters. The maximum atomic E-state index is 11.9. The van der Waals surface area contributed by atoms with Crippen LogP contribution in [-0.4, -0.2) is 19.0 Å². The molecule has 0 saturated carbocycles. The van der Waals surface area contributed by atoms with Crippen molar-refractivity contribution < 1.29 is 14.3 Å². The minimum Gasteiger partial charge on any atom is -0.497 e. The van der Waals surface area contributed by atoms with E-state index in [1.54, 1.807) is 7.11 Å². The van der Waals surface area contributed by atoms with Gasteiger partial charge < -0.3 is 10.1 Å². The molecule has 1 unspecified atom stereocenters. The summed E-state index contributed by atoms with van der Waals surface area (Å²) in [5.41, 5.74) is 2.63.